The van der Waals surface area contributed by atoms with Crippen LogP contribution in [0, 0.1) is 0 Å². The van der Waals surface area contributed by atoms with Crippen LogP contribution < -0.4 is 5.32 Å². The van der Waals surface area contributed by atoms with E-state index in [1.54, 1.807) is 11.3 Å². The van der Waals surface area contributed by atoms with Gasteiger partial charge in [0.15, 0.2) is 0 Å². The SMILES string of the molecule is CCc1cnc(CNC(CC)c2ccc(Cl)cc2)s1. The molecule has 0 aliphatic rings. The zero-order chi connectivity index (χ0) is 13.7. The number of halogens is 1. The third kappa shape index (κ3) is 4.03. The highest BCUT2D eigenvalue weighted by Crippen LogP contribution is 2.20. The molecule has 2 rings (SSSR count). The number of nitrogens with one attached hydrogen (secondary N) is 1. The topological polar surface area (TPSA) is 24.9 Å². The van der Waals surface area contributed by atoms with E-state index in [4.69, 9.17) is 11.6 Å². The molecule has 0 aliphatic heterocycles. The zero-order valence-corrected chi connectivity index (χ0v) is 12.9. The van der Waals surface area contributed by atoms with Crippen molar-refractivity contribution in [3.05, 3.63) is 50.9 Å². The van der Waals surface area contributed by atoms with Crippen LogP contribution in [0.25, 0.3) is 0 Å². The van der Waals surface area contributed by atoms with Gasteiger partial charge in [0, 0.05) is 28.7 Å². The first-order valence-corrected chi connectivity index (χ1v) is 7.84. The molecule has 1 aromatic carbocycles. The van der Waals surface area contributed by atoms with Crippen LogP contribution in [0.2, 0.25) is 5.02 Å². The lowest BCUT2D eigenvalue weighted by Gasteiger charge is -2.16. The minimum absolute atomic E-state index is 0.353. The lowest BCUT2D eigenvalue weighted by molar-refractivity contribution is 0.518. The average molecular weight is 295 g/mol. The van der Waals surface area contributed by atoms with Gasteiger partial charge < -0.3 is 5.32 Å². The standard InChI is InChI=1S/C15H19ClN2S/c1-3-13-9-18-15(19-13)10-17-14(4-2)11-5-7-12(16)8-6-11/h5-9,14,17H,3-4,10H2,1-2H3. The largest absolute Gasteiger partial charge is 0.304 e. The van der Waals surface area contributed by atoms with E-state index in [0.717, 1.165) is 29.4 Å². The van der Waals surface area contributed by atoms with Crippen molar-refractivity contribution in [2.24, 2.45) is 0 Å². The molecule has 0 amide bonds. The molecule has 1 heterocycles. The molecule has 0 fully saturated rings. The Kier molecular flexibility index (Phi) is 5.37. The monoisotopic (exact) mass is 294 g/mol. The van der Waals surface area contributed by atoms with Crippen molar-refractivity contribution in [3.63, 3.8) is 0 Å². The summed E-state index contributed by atoms with van der Waals surface area (Å²) < 4.78 is 0. The Morgan fingerprint density at radius 2 is 2.00 bits per heavy atom. The molecule has 1 atom stereocenters. The number of rotatable bonds is 6. The predicted octanol–water partition coefficient (Wildman–Crippen LogP) is 4.60. The van der Waals surface area contributed by atoms with E-state index in [1.807, 2.05) is 18.3 Å². The van der Waals surface area contributed by atoms with Crippen LogP contribution in [-0.4, -0.2) is 4.98 Å². The van der Waals surface area contributed by atoms with E-state index in [-0.39, 0.29) is 0 Å². The number of benzene rings is 1. The lowest BCUT2D eigenvalue weighted by Crippen LogP contribution is -2.20. The van der Waals surface area contributed by atoms with E-state index in [0.29, 0.717) is 6.04 Å². The second-order valence-corrected chi connectivity index (χ2v) is 6.10. The quantitative estimate of drug-likeness (QED) is 0.842. The first kappa shape index (κ1) is 14.5. The molecule has 0 saturated heterocycles. The molecule has 0 aliphatic carbocycles. The Bertz CT molecular complexity index is 507. The molecule has 0 spiro atoms. The van der Waals surface area contributed by atoms with Crippen molar-refractivity contribution in [3.8, 4) is 0 Å². The van der Waals surface area contributed by atoms with Crippen LogP contribution in [0.1, 0.15) is 41.8 Å². The molecule has 102 valence electrons. The highest BCUT2D eigenvalue weighted by atomic mass is 35.5. The molecule has 2 aromatic rings. The van der Waals surface area contributed by atoms with Crippen molar-refractivity contribution in [1.82, 2.24) is 10.3 Å². The molecule has 4 heteroatoms. The van der Waals surface area contributed by atoms with Crippen molar-refractivity contribution >= 4 is 22.9 Å². The maximum Gasteiger partial charge on any atom is 0.107 e. The molecule has 0 radical (unpaired) electrons. The summed E-state index contributed by atoms with van der Waals surface area (Å²) in [5, 5.41) is 5.50. The van der Waals surface area contributed by atoms with Crippen LogP contribution in [0.15, 0.2) is 30.5 Å². The summed E-state index contributed by atoms with van der Waals surface area (Å²) in [6.45, 7) is 5.17. The maximum absolute atomic E-state index is 5.92. The summed E-state index contributed by atoms with van der Waals surface area (Å²) >= 11 is 7.71. The number of thiazole rings is 1. The predicted molar refractivity (Wildman–Crippen MR) is 82.8 cm³/mol. The Balaban J connectivity index is 1.97. The van der Waals surface area contributed by atoms with Gasteiger partial charge in [0.1, 0.15) is 5.01 Å². The summed E-state index contributed by atoms with van der Waals surface area (Å²) in [7, 11) is 0. The molecular formula is C15H19ClN2S. The maximum atomic E-state index is 5.92. The van der Waals surface area contributed by atoms with Crippen molar-refractivity contribution in [2.45, 2.75) is 39.3 Å². The number of hydrogen-bond donors (Lipinski definition) is 1. The van der Waals surface area contributed by atoms with Crippen molar-refractivity contribution in [2.75, 3.05) is 0 Å². The molecule has 1 unspecified atom stereocenters. The third-order valence-electron chi connectivity index (χ3n) is 3.13. The van der Waals surface area contributed by atoms with E-state index >= 15 is 0 Å². The van der Waals surface area contributed by atoms with Crippen molar-refractivity contribution < 1.29 is 0 Å². The van der Waals surface area contributed by atoms with Gasteiger partial charge in [-0.3, -0.25) is 0 Å². The van der Waals surface area contributed by atoms with Gasteiger partial charge in [0.2, 0.25) is 0 Å². The molecule has 19 heavy (non-hydrogen) atoms. The Morgan fingerprint density at radius 3 is 2.58 bits per heavy atom. The number of hydrogen-bond acceptors (Lipinski definition) is 3. The normalized spacial score (nSPS) is 12.6. The Labute approximate surface area is 123 Å². The summed E-state index contributed by atoms with van der Waals surface area (Å²) in [4.78, 5) is 5.78. The molecular weight excluding hydrogens is 276 g/mol. The summed E-state index contributed by atoms with van der Waals surface area (Å²) in [6.07, 6.45) is 4.09. The van der Waals surface area contributed by atoms with E-state index in [2.05, 4.69) is 36.3 Å². The van der Waals surface area contributed by atoms with Gasteiger partial charge in [-0.25, -0.2) is 4.98 Å². The van der Waals surface area contributed by atoms with Gasteiger partial charge in [-0.05, 0) is 30.5 Å². The van der Waals surface area contributed by atoms with Gasteiger partial charge in [0.05, 0.1) is 0 Å². The Morgan fingerprint density at radius 1 is 1.26 bits per heavy atom. The fourth-order valence-electron chi connectivity index (χ4n) is 2.00. The van der Waals surface area contributed by atoms with Crippen LogP contribution in [0.4, 0.5) is 0 Å². The fourth-order valence-corrected chi connectivity index (χ4v) is 2.94. The zero-order valence-electron chi connectivity index (χ0n) is 11.3. The summed E-state index contributed by atoms with van der Waals surface area (Å²) in [5.41, 5.74) is 1.28. The van der Waals surface area contributed by atoms with Crippen LogP contribution in [0.3, 0.4) is 0 Å². The molecule has 1 N–H and O–H groups in total. The van der Waals surface area contributed by atoms with Crippen molar-refractivity contribution in [1.29, 1.82) is 0 Å². The van der Waals surface area contributed by atoms with Gasteiger partial charge in [-0.1, -0.05) is 37.6 Å². The van der Waals surface area contributed by atoms with E-state index in [1.165, 1.54) is 10.4 Å². The minimum atomic E-state index is 0.353. The Hall–Kier alpha value is -0.900. The smallest absolute Gasteiger partial charge is 0.107 e. The number of nitrogens with zero attached hydrogens (tertiary/aromatic N) is 1. The first-order chi connectivity index (χ1) is 9.22. The molecule has 1 aromatic heterocycles. The molecule has 2 nitrogen and oxygen atoms in total. The fraction of sp³-hybridized carbons (Fsp3) is 0.400. The summed E-state index contributed by atoms with van der Waals surface area (Å²) in [6, 6.07) is 8.41. The van der Waals surface area contributed by atoms with Gasteiger partial charge in [-0.15, -0.1) is 11.3 Å². The first-order valence-electron chi connectivity index (χ1n) is 6.65. The number of aryl methyl sites for hydroxylation is 1. The molecule has 0 bridgehead atoms. The van der Waals surface area contributed by atoms with Crippen LogP contribution >= 0.6 is 22.9 Å². The lowest BCUT2D eigenvalue weighted by atomic mass is 10.0. The number of aromatic nitrogens is 1. The minimum Gasteiger partial charge on any atom is -0.304 e. The molecule has 0 saturated carbocycles. The van der Waals surface area contributed by atoms with Crippen LogP contribution in [0.5, 0.6) is 0 Å². The highest BCUT2D eigenvalue weighted by Gasteiger charge is 2.09. The van der Waals surface area contributed by atoms with Gasteiger partial charge >= 0.3 is 0 Å². The van der Waals surface area contributed by atoms with Gasteiger partial charge in [-0.2, -0.15) is 0 Å². The van der Waals surface area contributed by atoms with Gasteiger partial charge in [0.25, 0.3) is 0 Å². The third-order valence-corrected chi connectivity index (χ3v) is 4.52. The highest BCUT2D eigenvalue weighted by molar-refractivity contribution is 7.11. The van der Waals surface area contributed by atoms with E-state index in [9.17, 15) is 0 Å². The van der Waals surface area contributed by atoms with E-state index < -0.39 is 0 Å². The summed E-state index contributed by atoms with van der Waals surface area (Å²) in [5.74, 6) is 0. The second kappa shape index (κ2) is 7.04. The second-order valence-electron chi connectivity index (χ2n) is 4.47. The van der Waals surface area contributed by atoms with Crippen LogP contribution in [-0.2, 0) is 13.0 Å². The average Bonchev–Trinajstić information content (AvgIpc) is 2.89.